The second-order valence-corrected chi connectivity index (χ2v) is 17.0. The largest absolute Gasteiger partial charge is 0.494 e. The fraction of sp³-hybridized carbons (Fsp3) is 0.520. The van der Waals surface area contributed by atoms with Crippen LogP contribution in [0.4, 0.5) is 5.13 Å². The van der Waals surface area contributed by atoms with Crippen molar-refractivity contribution in [3.63, 3.8) is 0 Å². The Balaban J connectivity index is 1.26. The highest BCUT2D eigenvalue weighted by molar-refractivity contribution is 7.22. The van der Waals surface area contributed by atoms with Gasteiger partial charge in [0.1, 0.15) is 17.2 Å². The fourth-order valence-electron chi connectivity index (χ4n) is 7.56. The summed E-state index contributed by atoms with van der Waals surface area (Å²) in [6, 6.07) is 20.2. The van der Waals surface area contributed by atoms with E-state index in [0.29, 0.717) is 54.1 Å². The monoisotopic (exact) mass is 837 g/mol. The highest BCUT2D eigenvalue weighted by Crippen LogP contribution is 2.34. The average Bonchev–Trinajstić information content (AvgIpc) is 3.71. The topological polar surface area (TPSA) is 99.5 Å². The quantitative estimate of drug-likeness (QED) is 0.0139. The first-order chi connectivity index (χ1) is 29.5. The Bertz CT molecular complexity index is 1870. The van der Waals surface area contributed by atoms with Gasteiger partial charge in [-0.2, -0.15) is 5.10 Å². The molecule has 0 radical (unpaired) electrons. The molecule has 0 unspecified atom stereocenters. The molecule has 60 heavy (non-hydrogen) atoms. The maximum absolute atomic E-state index is 13.5. The van der Waals surface area contributed by atoms with Gasteiger partial charge in [-0.25, -0.2) is 14.8 Å². The fourth-order valence-corrected chi connectivity index (χ4v) is 8.51. The van der Waals surface area contributed by atoms with Gasteiger partial charge < -0.3 is 18.9 Å². The van der Waals surface area contributed by atoms with Crippen LogP contribution in [0.3, 0.4) is 0 Å². The van der Waals surface area contributed by atoms with Crippen molar-refractivity contribution in [2.45, 2.75) is 129 Å². The molecule has 5 rings (SSSR count). The number of carbonyl (C=O) groups excluding carboxylic acids is 2. The van der Waals surface area contributed by atoms with Gasteiger partial charge in [0.2, 0.25) is 5.13 Å². The number of aromatic nitrogens is 1. The minimum Gasteiger partial charge on any atom is -0.494 e. The van der Waals surface area contributed by atoms with Crippen LogP contribution < -0.4 is 19.2 Å². The predicted molar refractivity (Wildman–Crippen MR) is 246 cm³/mol. The minimum absolute atomic E-state index is 0.118. The molecule has 9 nitrogen and oxygen atoms in total. The number of ether oxygens (including phenoxy) is 4. The van der Waals surface area contributed by atoms with E-state index < -0.39 is 5.97 Å². The zero-order valence-corrected chi connectivity index (χ0v) is 36.9. The number of rotatable bonds is 28. The van der Waals surface area contributed by atoms with Gasteiger partial charge in [-0.1, -0.05) is 108 Å². The van der Waals surface area contributed by atoms with Gasteiger partial charge in [-0.15, -0.1) is 6.58 Å². The first-order valence-corrected chi connectivity index (χ1v) is 23.5. The van der Waals surface area contributed by atoms with Crippen LogP contribution in [-0.4, -0.2) is 49.5 Å². The van der Waals surface area contributed by atoms with E-state index >= 15 is 0 Å². The van der Waals surface area contributed by atoms with Crippen LogP contribution in [0, 0.1) is 11.8 Å². The lowest BCUT2D eigenvalue weighted by Crippen LogP contribution is -2.25. The summed E-state index contributed by atoms with van der Waals surface area (Å²) in [5, 5.41) is 7.64. The third-order valence-corrected chi connectivity index (χ3v) is 12.2. The molecule has 1 heterocycles. The molecule has 3 aromatic carbocycles. The molecule has 1 saturated carbocycles. The molecule has 0 atom stereocenters. The lowest BCUT2D eigenvalue weighted by Gasteiger charge is -2.27. The molecule has 1 aliphatic carbocycles. The van der Waals surface area contributed by atoms with Gasteiger partial charge in [0, 0.05) is 18.7 Å². The van der Waals surface area contributed by atoms with E-state index in [2.05, 4.69) is 26.5 Å². The number of anilines is 1. The van der Waals surface area contributed by atoms with Gasteiger partial charge in [0.05, 0.1) is 41.1 Å². The maximum Gasteiger partial charge on any atom is 0.343 e. The van der Waals surface area contributed by atoms with Crippen LogP contribution in [0.1, 0.15) is 145 Å². The maximum atomic E-state index is 13.5. The molecule has 10 heteroatoms. The molecule has 1 aliphatic rings. The Morgan fingerprint density at radius 2 is 1.50 bits per heavy atom. The summed E-state index contributed by atoms with van der Waals surface area (Å²) in [6.07, 6.45) is 23.5. The number of thiazole rings is 1. The van der Waals surface area contributed by atoms with Gasteiger partial charge in [-0.05, 0) is 112 Å². The number of carbonyl (C=O) groups is 2. The molecule has 0 aliphatic heterocycles. The predicted octanol–water partition coefficient (Wildman–Crippen LogP) is 13.2. The first-order valence-electron chi connectivity index (χ1n) is 22.6. The van der Waals surface area contributed by atoms with E-state index in [9.17, 15) is 9.59 Å². The number of fused-ring (bicyclic) bond motifs is 1. The number of hydrogen-bond donors (Lipinski definition) is 0. The standard InChI is InChI=1S/C50H67N3O6S/c1-4-7-9-11-14-20-39-23-25-40(26-24-39)48(54)58-44-31-32-46(59-49(55)41-27-29-43(30-28-41)57-36-19-13-12-18-35-56-34-6-3)42(37-44)38-51-53(33-17-10-8-5-2)50-52-45-21-15-16-22-47(45)60-50/h6,15-16,21-22,27-32,37-40H,3-5,7-14,17-20,23-26,33-36H2,1-2H3. The van der Waals surface area contributed by atoms with Crippen molar-refractivity contribution in [1.29, 1.82) is 0 Å². The third-order valence-electron chi connectivity index (χ3n) is 11.1. The molecule has 1 aromatic heterocycles. The number of hydrazone groups is 1. The summed E-state index contributed by atoms with van der Waals surface area (Å²) in [4.78, 5) is 31.9. The molecule has 4 aromatic rings. The number of benzene rings is 3. The number of esters is 2. The molecule has 324 valence electrons. The molecule has 0 saturated heterocycles. The number of hydrogen-bond acceptors (Lipinski definition) is 10. The summed E-state index contributed by atoms with van der Waals surface area (Å²) >= 11 is 1.59. The van der Waals surface area contributed by atoms with Gasteiger partial charge >= 0.3 is 11.9 Å². The van der Waals surface area contributed by atoms with E-state index in [1.54, 1.807) is 66.1 Å². The summed E-state index contributed by atoms with van der Waals surface area (Å²) in [7, 11) is 0. The van der Waals surface area contributed by atoms with Gasteiger partial charge in [-0.3, -0.25) is 4.79 Å². The normalized spacial score (nSPS) is 15.3. The van der Waals surface area contributed by atoms with Crippen molar-refractivity contribution >= 4 is 44.8 Å². The van der Waals surface area contributed by atoms with Crippen LogP contribution in [0.25, 0.3) is 10.2 Å². The third kappa shape index (κ3) is 15.8. The first kappa shape index (κ1) is 46.5. The summed E-state index contributed by atoms with van der Waals surface area (Å²) in [5.41, 5.74) is 1.84. The van der Waals surface area contributed by atoms with Crippen molar-refractivity contribution in [3.8, 4) is 17.2 Å². The SMILES string of the molecule is C=CCOCCCCCCOc1ccc(C(=O)Oc2ccc(OC(=O)C3CCC(CCCCCCC)CC3)cc2C=NN(CCCCCC)c2nc3ccccc3s2)cc1. The number of nitrogens with zero attached hydrogens (tertiary/aromatic N) is 3. The van der Waals surface area contributed by atoms with Crippen LogP contribution in [0.15, 0.2) is 84.5 Å². The molecule has 0 spiro atoms. The van der Waals surface area contributed by atoms with Crippen molar-refractivity contribution in [2.24, 2.45) is 16.9 Å². The summed E-state index contributed by atoms with van der Waals surface area (Å²) < 4.78 is 24.5. The molecule has 1 fully saturated rings. The Morgan fingerprint density at radius 3 is 2.25 bits per heavy atom. The van der Waals surface area contributed by atoms with Crippen LogP contribution >= 0.6 is 11.3 Å². The van der Waals surface area contributed by atoms with E-state index in [-0.39, 0.29) is 11.9 Å². The molecular formula is C50H67N3O6S. The smallest absolute Gasteiger partial charge is 0.343 e. The Morgan fingerprint density at radius 1 is 0.800 bits per heavy atom. The number of para-hydroxylation sites is 1. The Kier molecular flexibility index (Phi) is 20.6. The zero-order valence-electron chi connectivity index (χ0n) is 36.1. The van der Waals surface area contributed by atoms with Crippen molar-refractivity contribution in [1.82, 2.24) is 4.98 Å². The molecule has 0 amide bonds. The summed E-state index contributed by atoms with van der Waals surface area (Å²) in [5.74, 6) is 1.28. The lowest BCUT2D eigenvalue weighted by atomic mass is 9.80. The average molecular weight is 838 g/mol. The number of unbranched alkanes of at least 4 members (excludes halogenated alkanes) is 10. The zero-order chi connectivity index (χ0) is 42.2. The van der Waals surface area contributed by atoms with Crippen LogP contribution in [-0.2, 0) is 9.53 Å². The van der Waals surface area contributed by atoms with Gasteiger partial charge in [0.15, 0.2) is 0 Å². The van der Waals surface area contributed by atoms with E-state index in [1.807, 2.05) is 23.2 Å². The van der Waals surface area contributed by atoms with Gasteiger partial charge in [0.25, 0.3) is 0 Å². The minimum atomic E-state index is -0.510. The lowest BCUT2D eigenvalue weighted by molar-refractivity contribution is -0.140. The second kappa shape index (κ2) is 26.6. The van der Waals surface area contributed by atoms with E-state index in [4.69, 9.17) is 29.0 Å². The van der Waals surface area contributed by atoms with Crippen LogP contribution in [0.2, 0.25) is 0 Å². The van der Waals surface area contributed by atoms with E-state index in [0.717, 1.165) is 99.0 Å². The van der Waals surface area contributed by atoms with Crippen molar-refractivity contribution in [3.05, 3.63) is 90.5 Å². The van der Waals surface area contributed by atoms with E-state index in [1.165, 1.54) is 38.5 Å². The Labute approximate surface area is 362 Å². The molecule has 0 N–H and O–H groups in total. The van der Waals surface area contributed by atoms with Crippen LogP contribution in [0.5, 0.6) is 17.2 Å². The Hall–Kier alpha value is -4.54. The van der Waals surface area contributed by atoms with Crippen molar-refractivity contribution in [2.75, 3.05) is 31.4 Å². The highest BCUT2D eigenvalue weighted by atomic mass is 32.1. The molecule has 0 bridgehead atoms. The molecular weight excluding hydrogens is 771 g/mol. The highest BCUT2D eigenvalue weighted by Gasteiger charge is 2.28. The second-order valence-electron chi connectivity index (χ2n) is 16.0. The van der Waals surface area contributed by atoms with Crippen molar-refractivity contribution < 1.29 is 28.5 Å². The summed E-state index contributed by atoms with van der Waals surface area (Å²) in [6.45, 7) is 10.7.